The van der Waals surface area contributed by atoms with E-state index in [1.807, 2.05) is 0 Å². The Bertz CT molecular complexity index is 731. The summed E-state index contributed by atoms with van der Waals surface area (Å²) in [5, 5.41) is 3.19. The van der Waals surface area contributed by atoms with E-state index in [4.69, 9.17) is 11.6 Å². The van der Waals surface area contributed by atoms with E-state index in [0.29, 0.717) is 11.5 Å². The second kappa shape index (κ2) is 6.10. The van der Waals surface area contributed by atoms with Gasteiger partial charge in [0.1, 0.15) is 0 Å². The van der Waals surface area contributed by atoms with Gasteiger partial charge in [-0.2, -0.15) is 0 Å². The molecule has 0 saturated heterocycles. The first kappa shape index (κ1) is 16.8. The molecule has 2 fully saturated rings. The molecule has 1 aromatic carbocycles. The minimum atomic E-state index is -3.45. The van der Waals surface area contributed by atoms with Crippen molar-refractivity contribution in [2.75, 3.05) is 6.26 Å². The molecule has 0 spiro atoms. The highest BCUT2D eigenvalue weighted by Gasteiger charge is 2.42. The molecule has 4 unspecified atom stereocenters. The fourth-order valence-electron chi connectivity index (χ4n) is 4.23. The summed E-state index contributed by atoms with van der Waals surface area (Å²) in [5.41, 5.74) is 0.338. The van der Waals surface area contributed by atoms with Crippen LogP contribution >= 0.6 is 11.6 Å². The van der Waals surface area contributed by atoms with Crippen LogP contribution in [0.5, 0.6) is 0 Å². The summed E-state index contributed by atoms with van der Waals surface area (Å²) in [5.74, 6) is 1.87. The number of fused-ring (bicyclic) bond motifs is 2. The minimum absolute atomic E-state index is 0.000562. The lowest BCUT2D eigenvalue weighted by atomic mass is 9.84. The summed E-state index contributed by atoms with van der Waals surface area (Å²) in [6, 6.07) is 4.50. The Morgan fingerprint density at radius 2 is 2.04 bits per heavy atom. The van der Waals surface area contributed by atoms with Gasteiger partial charge < -0.3 is 5.32 Å². The third kappa shape index (κ3) is 3.41. The van der Waals surface area contributed by atoms with Crippen molar-refractivity contribution >= 4 is 27.3 Å². The highest BCUT2D eigenvalue weighted by atomic mass is 35.5. The zero-order chi connectivity index (χ0) is 16.8. The van der Waals surface area contributed by atoms with Crippen molar-refractivity contribution in [3.63, 3.8) is 0 Å². The number of sulfone groups is 1. The van der Waals surface area contributed by atoms with Gasteiger partial charge in [-0.1, -0.05) is 18.0 Å². The third-order valence-electron chi connectivity index (χ3n) is 5.39. The second-order valence-electron chi connectivity index (χ2n) is 7.02. The van der Waals surface area contributed by atoms with Gasteiger partial charge in [0.15, 0.2) is 9.84 Å². The molecule has 1 N–H and O–H groups in total. The number of hydrogen-bond donors (Lipinski definition) is 1. The Morgan fingerprint density at radius 3 is 2.61 bits per heavy atom. The van der Waals surface area contributed by atoms with Gasteiger partial charge in [-0.05, 0) is 62.1 Å². The lowest BCUT2D eigenvalue weighted by Crippen LogP contribution is -2.40. The number of rotatable bonds is 4. The molecular weight excluding hydrogens is 334 g/mol. The number of halogens is 1. The molecule has 23 heavy (non-hydrogen) atoms. The topological polar surface area (TPSA) is 63.2 Å². The standard InChI is InChI=1S/C17H22ClNO3S/c1-10(14-8-11-3-4-12(14)7-11)19-17(20)13-5-6-15(18)16(9-13)23(2,21)22/h5-6,9-12,14H,3-4,7-8H2,1-2H3,(H,19,20). The Morgan fingerprint density at radius 1 is 1.30 bits per heavy atom. The molecule has 1 aromatic rings. The highest BCUT2D eigenvalue weighted by molar-refractivity contribution is 7.90. The smallest absolute Gasteiger partial charge is 0.251 e. The molecule has 2 aliphatic rings. The van der Waals surface area contributed by atoms with E-state index in [0.717, 1.165) is 18.1 Å². The number of carbonyl (C=O) groups excluding carboxylic acids is 1. The monoisotopic (exact) mass is 355 g/mol. The molecule has 0 heterocycles. The molecule has 6 heteroatoms. The number of benzene rings is 1. The van der Waals surface area contributed by atoms with Crippen LogP contribution in [0.4, 0.5) is 0 Å². The molecule has 1 amide bonds. The summed E-state index contributed by atoms with van der Waals surface area (Å²) in [4.78, 5) is 12.5. The molecule has 3 rings (SSSR count). The molecule has 2 aliphatic carbocycles. The van der Waals surface area contributed by atoms with Gasteiger partial charge in [-0.3, -0.25) is 4.79 Å². The molecule has 0 aromatic heterocycles. The van der Waals surface area contributed by atoms with Crippen molar-refractivity contribution in [3.8, 4) is 0 Å². The normalized spacial score (nSPS) is 27.9. The number of nitrogens with one attached hydrogen (secondary N) is 1. The summed E-state index contributed by atoms with van der Waals surface area (Å²) >= 11 is 5.93. The van der Waals surface area contributed by atoms with Crippen molar-refractivity contribution in [3.05, 3.63) is 28.8 Å². The number of hydrogen-bond acceptors (Lipinski definition) is 3. The van der Waals surface area contributed by atoms with Gasteiger partial charge in [-0.15, -0.1) is 0 Å². The molecule has 4 nitrogen and oxygen atoms in total. The first-order chi connectivity index (χ1) is 10.8. The van der Waals surface area contributed by atoms with Gasteiger partial charge >= 0.3 is 0 Å². The van der Waals surface area contributed by atoms with Crippen molar-refractivity contribution < 1.29 is 13.2 Å². The predicted octanol–water partition coefficient (Wildman–Crippen LogP) is 3.30. The highest BCUT2D eigenvalue weighted by Crippen LogP contribution is 2.49. The molecule has 0 aliphatic heterocycles. The maximum atomic E-state index is 12.5. The maximum Gasteiger partial charge on any atom is 0.251 e. The molecule has 2 saturated carbocycles. The van der Waals surface area contributed by atoms with E-state index >= 15 is 0 Å². The van der Waals surface area contributed by atoms with Crippen molar-refractivity contribution in [1.29, 1.82) is 0 Å². The lowest BCUT2D eigenvalue weighted by molar-refractivity contribution is 0.0915. The van der Waals surface area contributed by atoms with E-state index in [2.05, 4.69) is 12.2 Å². The summed E-state index contributed by atoms with van der Waals surface area (Å²) in [6.07, 6.45) is 6.19. The summed E-state index contributed by atoms with van der Waals surface area (Å²) in [7, 11) is -3.45. The number of amides is 1. The van der Waals surface area contributed by atoms with E-state index in [1.165, 1.54) is 37.8 Å². The maximum absolute atomic E-state index is 12.5. The predicted molar refractivity (Wildman–Crippen MR) is 90.4 cm³/mol. The Labute approximate surface area is 142 Å². The van der Waals surface area contributed by atoms with Crippen LogP contribution in [0.1, 0.15) is 43.0 Å². The van der Waals surface area contributed by atoms with Crippen LogP contribution in [0.3, 0.4) is 0 Å². The summed E-state index contributed by atoms with van der Waals surface area (Å²) < 4.78 is 23.5. The quantitative estimate of drug-likeness (QED) is 0.901. The van der Waals surface area contributed by atoms with Crippen LogP contribution in [0.2, 0.25) is 5.02 Å². The largest absolute Gasteiger partial charge is 0.349 e. The van der Waals surface area contributed by atoms with E-state index in [1.54, 1.807) is 6.07 Å². The molecular formula is C17H22ClNO3S. The first-order valence-corrected chi connectivity index (χ1v) is 10.3. The molecule has 0 radical (unpaired) electrons. The Hall–Kier alpha value is -1.07. The Balaban J connectivity index is 1.73. The van der Waals surface area contributed by atoms with Crippen LogP contribution in [0, 0.1) is 17.8 Å². The van der Waals surface area contributed by atoms with Gasteiger partial charge in [0.05, 0.1) is 9.92 Å². The second-order valence-corrected chi connectivity index (χ2v) is 9.41. The molecule has 4 atom stereocenters. The van der Waals surface area contributed by atoms with Gasteiger partial charge in [0.2, 0.25) is 0 Å². The third-order valence-corrected chi connectivity index (χ3v) is 6.96. The van der Waals surface area contributed by atoms with Gasteiger partial charge in [0, 0.05) is 17.9 Å². The van der Waals surface area contributed by atoms with Crippen LogP contribution < -0.4 is 5.32 Å². The fraction of sp³-hybridized carbons (Fsp3) is 0.588. The van der Waals surface area contributed by atoms with Crippen LogP contribution in [-0.2, 0) is 9.84 Å². The first-order valence-electron chi connectivity index (χ1n) is 8.06. The van der Waals surface area contributed by atoms with Crippen molar-refractivity contribution in [2.24, 2.45) is 17.8 Å². The lowest BCUT2D eigenvalue weighted by Gasteiger charge is -2.28. The van der Waals surface area contributed by atoms with Crippen molar-refractivity contribution in [2.45, 2.75) is 43.5 Å². The van der Waals surface area contributed by atoms with Crippen molar-refractivity contribution in [1.82, 2.24) is 5.32 Å². The van der Waals surface area contributed by atoms with Gasteiger partial charge in [0.25, 0.3) is 5.91 Å². The average Bonchev–Trinajstić information content (AvgIpc) is 3.09. The Kier molecular flexibility index (Phi) is 4.45. The van der Waals surface area contributed by atoms with E-state index in [9.17, 15) is 13.2 Å². The minimum Gasteiger partial charge on any atom is -0.349 e. The zero-order valence-electron chi connectivity index (χ0n) is 13.4. The van der Waals surface area contributed by atoms with Crippen LogP contribution in [0.25, 0.3) is 0 Å². The molecule has 2 bridgehead atoms. The van der Waals surface area contributed by atoms with E-state index < -0.39 is 9.84 Å². The number of carbonyl (C=O) groups is 1. The van der Waals surface area contributed by atoms with Gasteiger partial charge in [-0.25, -0.2) is 8.42 Å². The van der Waals surface area contributed by atoms with E-state index in [-0.39, 0.29) is 21.9 Å². The fourth-order valence-corrected chi connectivity index (χ4v) is 5.53. The SMILES string of the molecule is CC(NC(=O)c1ccc(Cl)c(S(C)(=O)=O)c1)C1CC2CCC1C2. The zero-order valence-corrected chi connectivity index (χ0v) is 15.0. The molecule has 126 valence electrons. The van der Waals surface area contributed by atoms with Crippen LogP contribution in [-0.4, -0.2) is 26.6 Å². The summed E-state index contributed by atoms with van der Waals surface area (Å²) in [6.45, 7) is 2.05. The van der Waals surface area contributed by atoms with Crippen LogP contribution in [0.15, 0.2) is 23.1 Å². The average molecular weight is 356 g/mol.